The fourth-order valence-electron chi connectivity index (χ4n) is 4.85. The molecule has 0 radical (unpaired) electrons. The fraction of sp³-hybridized carbons (Fsp3) is 0.522. The zero-order chi connectivity index (χ0) is 19.5. The summed E-state index contributed by atoms with van der Waals surface area (Å²) < 4.78 is 6.02. The molecule has 1 aromatic rings. The van der Waals surface area contributed by atoms with Gasteiger partial charge in [0.15, 0.2) is 6.29 Å². The number of benzene rings is 1. The summed E-state index contributed by atoms with van der Waals surface area (Å²) in [7, 11) is 2.19. The normalized spacial score (nSPS) is 21.3. The summed E-state index contributed by atoms with van der Waals surface area (Å²) in [5, 5.41) is 14.8. The maximum absolute atomic E-state index is 11.3. The van der Waals surface area contributed by atoms with E-state index >= 15 is 0 Å². The lowest BCUT2D eigenvalue weighted by Gasteiger charge is -2.37. The molecule has 5 nitrogen and oxygen atoms in total. The first kappa shape index (κ1) is 19.1. The molecule has 150 valence electrons. The number of carbonyl (C=O) groups is 1. The lowest BCUT2D eigenvalue weighted by atomic mass is 9.89. The van der Waals surface area contributed by atoms with E-state index in [1.54, 1.807) is 12.1 Å². The Morgan fingerprint density at radius 2 is 1.96 bits per heavy atom. The Bertz CT molecular complexity index is 793. The Labute approximate surface area is 167 Å². The number of allylic oxidation sites excluding steroid dienone is 1. The van der Waals surface area contributed by atoms with Crippen molar-refractivity contribution in [3.05, 3.63) is 46.7 Å². The largest absolute Gasteiger partial charge is 0.507 e. The number of likely N-dealkylation sites (N-methyl/N-ethyl adjacent to an activating group) is 1. The van der Waals surface area contributed by atoms with Crippen LogP contribution in [0.2, 0.25) is 0 Å². The molecule has 1 saturated carbocycles. The average Bonchev–Trinajstić information content (AvgIpc) is 3.36. The predicted octanol–water partition coefficient (Wildman–Crippen LogP) is 4.44. The number of nitrogens with zero attached hydrogens (tertiary/aromatic N) is 2. The minimum atomic E-state index is -0.0297. The van der Waals surface area contributed by atoms with Gasteiger partial charge in [0.2, 0.25) is 0 Å². The molecule has 1 N–H and O–H groups in total. The van der Waals surface area contributed by atoms with Gasteiger partial charge in [-0.25, -0.2) is 5.01 Å². The van der Waals surface area contributed by atoms with Crippen LogP contribution in [-0.4, -0.2) is 47.7 Å². The van der Waals surface area contributed by atoms with Crippen LogP contribution in [0.4, 0.5) is 0 Å². The summed E-state index contributed by atoms with van der Waals surface area (Å²) in [4.78, 5) is 11.3. The Hall–Kier alpha value is -2.27. The molecule has 5 heteroatoms. The molecular weight excluding hydrogens is 352 g/mol. The number of rotatable bonds is 6. The molecule has 1 heterocycles. The maximum atomic E-state index is 11.3. The van der Waals surface area contributed by atoms with Crippen molar-refractivity contribution in [1.29, 1.82) is 0 Å². The summed E-state index contributed by atoms with van der Waals surface area (Å²) in [6.07, 6.45) is 12.7. The van der Waals surface area contributed by atoms with E-state index in [1.165, 1.54) is 61.4 Å². The first-order valence-electron chi connectivity index (χ1n) is 10.5. The molecule has 0 bridgehead atoms. The van der Waals surface area contributed by atoms with Crippen molar-refractivity contribution in [2.24, 2.45) is 0 Å². The molecule has 0 aromatic heterocycles. The molecule has 0 atom stereocenters. The van der Waals surface area contributed by atoms with Gasteiger partial charge in [-0.1, -0.05) is 18.9 Å². The molecule has 3 aliphatic rings. The molecule has 1 fully saturated rings. The Balaban J connectivity index is 1.58. The third-order valence-corrected chi connectivity index (χ3v) is 6.29. The van der Waals surface area contributed by atoms with Crippen LogP contribution in [0.15, 0.2) is 41.1 Å². The molecule has 4 rings (SSSR count). The Morgan fingerprint density at radius 3 is 2.75 bits per heavy atom. The van der Waals surface area contributed by atoms with Gasteiger partial charge in [0.1, 0.15) is 18.1 Å². The highest BCUT2D eigenvalue weighted by Gasteiger charge is 2.33. The first-order valence-corrected chi connectivity index (χ1v) is 10.5. The van der Waals surface area contributed by atoms with Crippen LogP contribution >= 0.6 is 0 Å². The van der Waals surface area contributed by atoms with Gasteiger partial charge >= 0.3 is 0 Å². The van der Waals surface area contributed by atoms with Crippen molar-refractivity contribution >= 4 is 6.29 Å². The standard InChI is InChI=1S/C23H30N2O3/c1-24-14-13-21(25(24)18-8-3-4-9-18)19-10-5-2-7-17(19)16-28-23-12-6-11-22(27)20(23)15-26/h6,11-13,15,18,27H,2-5,7-10,14,16H2,1H3. The summed E-state index contributed by atoms with van der Waals surface area (Å²) in [5.41, 5.74) is 4.36. The number of phenols is 1. The quantitative estimate of drug-likeness (QED) is 0.737. The molecule has 0 saturated heterocycles. The van der Waals surface area contributed by atoms with E-state index in [2.05, 4.69) is 23.1 Å². The number of hydrazine groups is 1. The number of phenolic OH excluding ortho intramolecular Hbond substituents is 1. The van der Waals surface area contributed by atoms with E-state index in [0.717, 1.165) is 19.4 Å². The number of ether oxygens (including phenoxy) is 1. The van der Waals surface area contributed by atoms with Crippen LogP contribution < -0.4 is 4.74 Å². The van der Waals surface area contributed by atoms with E-state index < -0.39 is 0 Å². The van der Waals surface area contributed by atoms with Gasteiger partial charge in [0.25, 0.3) is 0 Å². The van der Waals surface area contributed by atoms with Crippen LogP contribution in [-0.2, 0) is 0 Å². The minimum Gasteiger partial charge on any atom is -0.507 e. The first-order chi connectivity index (χ1) is 13.7. The monoisotopic (exact) mass is 382 g/mol. The third kappa shape index (κ3) is 3.68. The Morgan fingerprint density at radius 1 is 1.18 bits per heavy atom. The zero-order valence-corrected chi connectivity index (χ0v) is 16.7. The average molecular weight is 383 g/mol. The van der Waals surface area contributed by atoms with Crippen LogP contribution in [0.25, 0.3) is 0 Å². The summed E-state index contributed by atoms with van der Waals surface area (Å²) in [6, 6.07) is 5.59. The van der Waals surface area contributed by atoms with Gasteiger partial charge in [-0.3, -0.25) is 4.79 Å². The van der Waals surface area contributed by atoms with Crippen molar-refractivity contribution in [2.45, 2.75) is 57.4 Å². The molecule has 28 heavy (non-hydrogen) atoms. The third-order valence-electron chi connectivity index (χ3n) is 6.29. The lowest BCUT2D eigenvalue weighted by molar-refractivity contribution is 0.0285. The smallest absolute Gasteiger partial charge is 0.157 e. The number of carbonyl (C=O) groups excluding carboxylic acids is 1. The van der Waals surface area contributed by atoms with E-state index in [4.69, 9.17) is 4.74 Å². The van der Waals surface area contributed by atoms with Crippen LogP contribution in [0.3, 0.4) is 0 Å². The highest BCUT2D eigenvalue weighted by Crippen LogP contribution is 2.38. The van der Waals surface area contributed by atoms with Gasteiger partial charge in [-0.15, -0.1) is 0 Å². The second-order valence-corrected chi connectivity index (χ2v) is 8.10. The summed E-state index contributed by atoms with van der Waals surface area (Å²) >= 11 is 0. The Kier molecular flexibility index (Phi) is 5.72. The maximum Gasteiger partial charge on any atom is 0.157 e. The molecule has 1 aromatic carbocycles. The SMILES string of the molecule is CN1CC=C(C2=C(COc3cccc(O)c3C=O)CCCC2)N1C1CCCC1. The highest BCUT2D eigenvalue weighted by molar-refractivity contribution is 5.83. The molecule has 2 aliphatic carbocycles. The van der Waals surface area contributed by atoms with Gasteiger partial charge in [-0.2, -0.15) is 0 Å². The van der Waals surface area contributed by atoms with Crippen molar-refractivity contribution in [2.75, 3.05) is 20.2 Å². The van der Waals surface area contributed by atoms with E-state index in [1.807, 2.05) is 0 Å². The second-order valence-electron chi connectivity index (χ2n) is 8.10. The fourth-order valence-corrected chi connectivity index (χ4v) is 4.85. The van der Waals surface area contributed by atoms with E-state index in [9.17, 15) is 9.90 Å². The zero-order valence-electron chi connectivity index (χ0n) is 16.7. The highest BCUT2D eigenvalue weighted by atomic mass is 16.5. The molecule has 0 amide bonds. The van der Waals surface area contributed by atoms with Gasteiger partial charge in [0, 0.05) is 19.6 Å². The van der Waals surface area contributed by atoms with Crippen molar-refractivity contribution in [3.8, 4) is 11.5 Å². The van der Waals surface area contributed by atoms with E-state index in [-0.39, 0.29) is 11.3 Å². The number of hydrogen-bond donors (Lipinski definition) is 1. The molecule has 0 unspecified atom stereocenters. The molecule has 1 aliphatic heterocycles. The van der Waals surface area contributed by atoms with Crippen LogP contribution in [0.5, 0.6) is 11.5 Å². The molecular formula is C23H30N2O3. The number of aromatic hydroxyl groups is 1. The van der Waals surface area contributed by atoms with Crippen molar-refractivity contribution in [1.82, 2.24) is 10.0 Å². The van der Waals surface area contributed by atoms with Crippen LogP contribution in [0, 0.1) is 0 Å². The topological polar surface area (TPSA) is 53.0 Å². The van der Waals surface area contributed by atoms with Gasteiger partial charge in [0.05, 0.1) is 11.3 Å². The molecule has 0 spiro atoms. The summed E-state index contributed by atoms with van der Waals surface area (Å²) in [6.45, 7) is 1.44. The number of aldehydes is 1. The van der Waals surface area contributed by atoms with E-state index in [0.29, 0.717) is 24.7 Å². The predicted molar refractivity (Wildman–Crippen MR) is 109 cm³/mol. The van der Waals surface area contributed by atoms with Gasteiger partial charge in [-0.05, 0) is 67.9 Å². The van der Waals surface area contributed by atoms with Crippen LogP contribution in [0.1, 0.15) is 61.7 Å². The minimum absolute atomic E-state index is 0.0297. The van der Waals surface area contributed by atoms with Crippen molar-refractivity contribution < 1.29 is 14.6 Å². The lowest BCUT2D eigenvalue weighted by Crippen LogP contribution is -2.41. The van der Waals surface area contributed by atoms with Crippen molar-refractivity contribution in [3.63, 3.8) is 0 Å². The summed E-state index contributed by atoms with van der Waals surface area (Å²) in [5.74, 6) is 0.426. The second kappa shape index (κ2) is 8.39. The number of hydrogen-bond acceptors (Lipinski definition) is 5. The van der Waals surface area contributed by atoms with Gasteiger partial charge < -0.3 is 14.9 Å².